The van der Waals surface area contributed by atoms with Crippen LogP contribution in [0.15, 0.2) is 73.1 Å². The van der Waals surface area contributed by atoms with E-state index < -0.39 is 17.7 Å². The number of amides is 2. The highest BCUT2D eigenvalue weighted by atomic mass is 35.5. The molecular formula is C29H25ClN4O4. The Morgan fingerprint density at radius 2 is 1.63 bits per heavy atom. The largest absolute Gasteiger partial charge is 0.858 e. The van der Waals surface area contributed by atoms with Gasteiger partial charge in [0.15, 0.2) is 12.4 Å². The van der Waals surface area contributed by atoms with Gasteiger partial charge in [-0.25, -0.2) is 9.58 Å². The highest BCUT2D eigenvalue weighted by Crippen LogP contribution is 2.40. The Morgan fingerprint density at radius 3 is 2.24 bits per heavy atom. The van der Waals surface area contributed by atoms with Crippen LogP contribution in [0.1, 0.15) is 36.6 Å². The van der Waals surface area contributed by atoms with Gasteiger partial charge in [-0.15, -0.1) is 0 Å². The molecule has 1 aliphatic rings. The number of imide groups is 1. The van der Waals surface area contributed by atoms with Gasteiger partial charge in [-0.2, -0.15) is 9.67 Å². The predicted molar refractivity (Wildman–Crippen MR) is 142 cm³/mol. The smallest absolute Gasteiger partial charge is 0.331 e. The van der Waals surface area contributed by atoms with Crippen molar-refractivity contribution < 1.29 is 24.0 Å². The number of benzene rings is 2. The molecule has 1 aliphatic heterocycles. The maximum atomic E-state index is 14.1. The van der Waals surface area contributed by atoms with E-state index in [0.717, 1.165) is 10.5 Å². The van der Waals surface area contributed by atoms with Crippen molar-refractivity contribution in [3.63, 3.8) is 0 Å². The summed E-state index contributed by atoms with van der Waals surface area (Å²) in [6.45, 7) is 5.66. The molecule has 2 aromatic carbocycles. The van der Waals surface area contributed by atoms with Gasteiger partial charge in [-0.05, 0) is 73.3 Å². The first kappa shape index (κ1) is 25.2. The molecule has 8 nitrogen and oxygen atoms in total. The van der Waals surface area contributed by atoms with Crippen LogP contribution in [-0.4, -0.2) is 28.7 Å². The zero-order valence-electron chi connectivity index (χ0n) is 21.3. The average molecular weight is 529 g/mol. The third kappa shape index (κ3) is 4.22. The zero-order valence-corrected chi connectivity index (χ0v) is 22.1. The second-order valence-corrected chi connectivity index (χ2v) is 9.70. The minimum absolute atomic E-state index is 0.00957. The quantitative estimate of drug-likeness (QED) is 0.275. The summed E-state index contributed by atoms with van der Waals surface area (Å²) in [4.78, 5) is 29.1. The summed E-state index contributed by atoms with van der Waals surface area (Å²) in [6, 6.07) is 17.0. The lowest BCUT2D eigenvalue weighted by molar-refractivity contribution is -0.577. The van der Waals surface area contributed by atoms with Crippen LogP contribution in [-0.2, 0) is 9.59 Å². The summed E-state index contributed by atoms with van der Waals surface area (Å²) in [5.74, 6) is -1.25. The van der Waals surface area contributed by atoms with Crippen LogP contribution in [0.2, 0.25) is 5.02 Å². The summed E-state index contributed by atoms with van der Waals surface area (Å²) in [5, 5.41) is 19.0. The lowest BCUT2D eigenvalue weighted by Gasteiger charge is -2.16. The number of aromatic nitrogens is 3. The van der Waals surface area contributed by atoms with E-state index in [2.05, 4.69) is 5.10 Å². The van der Waals surface area contributed by atoms with Gasteiger partial charge >= 0.3 is 5.91 Å². The van der Waals surface area contributed by atoms with E-state index in [1.807, 2.05) is 26.8 Å². The van der Waals surface area contributed by atoms with Crippen LogP contribution >= 0.6 is 11.6 Å². The number of pyridine rings is 1. The summed E-state index contributed by atoms with van der Waals surface area (Å²) in [5.41, 5.74) is 2.37. The molecule has 192 valence electrons. The number of nitrogens with zero attached hydrogens (tertiary/aromatic N) is 4. The number of ether oxygens (including phenoxy) is 1. The molecule has 0 N–H and O–H groups in total. The van der Waals surface area contributed by atoms with Crippen molar-refractivity contribution in [2.24, 2.45) is 0 Å². The Bertz CT molecular complexity index is 1590. The number of methoxy groups -OCH3 is 1. The molecule has 4 aromatic rings. The molecule has 0 unspecified atom stereocenters. The van der Waals surface area contributed by atoms with Gasteiger partial charge < -0.3 is 9.84 Å². The van der Waals surface area contributed by atoms with Crippen LogP contribution in [0.25, 0.3) is 17.0 Å². The molecule has 2 amide bonds. The van der Waals surface area contributed by atoms with Crippen molar-refractivity contribution in [3.05, 3.63) is 94.9 Å². The number of hydrogen-bond donors (Lipinski definition) is 0. The fourth-order valence-electron chi connectivity index (χ4n) is 4.50. The minimum Gasteiger partial charge on any atom is -0.858 e. The zero-order chi connectivity index (χ0) is 27.1. The van der Waals surface area contributed by atoms with Crippen molar-refractivity contribution >= 4 is 40.4 Å². The monoisotopic (exact) mass is 528 g/mol. The van der Waals surface area contributed by atoms with Crippen LogP contribution in [0.4, 0.5) is 5.69 Å². The number of rotatable bonds is 6. The fraction of sp³-hybridized carbons (Fsp3) is 0.172. The number of anilines is 1. The Kier molecular flexibility index (Phi) is 6.50. The first-order valence-corrected chi connectivity index (χ1v) is 12.4. The lowest BCUT2D eigenvalue weighted by Crippen LogP contribution is -2.39. The van der Waals surface area contributed by atoms with Gasteiger partial charge in [0, 0.05) is 22.2 Å². The second kappa shape index (κ2) is 9.79. The molecule has 0 radical (unpaired) electrons. The molecule has 0 atom stereocenters. The minimum atomic E-state index is -0.598. The van der Waals surface area contributed by atoms with E-state index in [-0.39, 0.29) is 22.8 Å². The number of carbonyl (C=O) groups excluding carboxylic acids is 2. The van der Waals surface area contributed by atoms with Crippen molar-refractivity contribution in [1.29, 1.82) is 0 Å². The molecule has 0 saturated heterocycles. The molecule has 2 aromatic heterocycles. The molecule has 0 fully saturated rings. The number of aryl methyl sites for hydroxylation is 1. The van der Waals surface area contributed by atoms with E-state index in [1.165, 1.54) is 11.8 Å². The topological polar surface area (TPSA) is 91.4 Å². The van der Waals surface area contributed by atoms with Gasteiger partial charge in [0.2, 0.25) is 0 Å². The molecule has 0 bridgehead atoms. The van der Waals surface area contributed by atoms with Crippen molar-refractivity contribution in [3.8, 4) is 17.3 Å². The molecule has 0 aliphatic carbocycles. The highest BCUT2D eigenvalue weighted by molar-refractivity contribution is 6.53. The van der Waals surface area contributed by atoms with Crippen molar-refractivity contribution in [2.75, 3.05) is 12.0 Å². The normalized spacial score (nSPS) is 13.7. The van der Waals surface area contributed by atoms with E-state index in [9.17, 15) is 14.7 Å². The Hall–Kier alpha value is -4.43. The van der Waals surface area contributed by atoms with Gasteiger partial charge in [0.05, 0.1) is 24.2 Å². The number of carbonyl (C=O) groups is 2. The first-order valence-electron chi connectivity index (χ1n) is 12.0. The molecule has 3 heterocycles. The van der Waals surface area contributed by atoms with Crippen LogP contribution in [0, 0.1) is 6.92 Å². The lowest BCUT2D eigenvalue weighted by atomic mass is 9.98. The summed E-state index contributed by atoms with van der Waals surface area (Å²) < 4.78 is 8.07. The number of hydrogen-bond acceptors (Lipinski definition) is 5. The molecule has 0 saturated carbocycles. The molecule has 9 heteroatoms. The van der Waals surface area contributed by atoms with Crippen LogP contribution in [0.5, 0.6) is 11.6 Å². The molecule has 0 spiro atoms. The summed E-state index contributed by atoms with van der Waals surface area (Å²) in [6.07, 6.45) is 3.44. The molecular weight excluding hydrogens is 504 g/mol. The second-order valence-electron chi connectivity index (χ2n) is 9.26. The number of halogens is 1. The average Bonchev–Trinajstić information content (AvgIpc) is 3.37. The predicted octanol–water partition coefficient (Wildman–Crippen LogP) is 4.27. The molecule has 5 rings (SSSR count). The van der Waals surface area contributed by atoms with E-state index >= 15 is 0 Å². The SMILES string of the molecule is COc1ccc(N2C(=O)C(c3c(C(C)C)nn(-c4ccc(Cl)cc4)c3[O-])=C([n+]3cccc(C)c3)C2=O)cc1. The Balaban J connectivity index is 1.77. The first-order chi connectivity index (χ1) is 18.2. The van der Waals surface area contributed by atoms with Gasteiger partial charge in [0.1, 0.15) is 11.3 Å². The van der Waals surface area contributed by atoms with E-state index in [0.29, 0.717) is 27.8 Å². The Labute approximate surface area is 225 Å². The summed E-state index contributed by atoms with van der Waals surface area (Å²) in [7, 11) is 1.54. The maximum Gasteiger partial charge on any atom is 0.331 e. The van der Waals surface area contributed by atoms with Gasteiger partial charge in [-0.1, -0.05) is 25.4 Å². The molecule has 38 heavy (non-hydrogen) atoms. The third-order valence-corrected chi connectivity index (χ3v) is 6.59. The van der Waals surface area contributed by atoms with Crippen molar-refractivity contribution in [2.45, 2.75) is 26.7 Å². The maximum absolute atomic E-state index is 14.1. The van der Waals surface area contributed by atoms with Crippen LogP contribution in [0.3, 0.4) is 0 Å². The fourth-order valence-corrected chi connectivity index (χ4v) is 4.62. The third-order valence-electron chi connectivity index (χ3n) is 6.33. The van der Waals surface area contributed by atoms with Gasteiger partial charge in [-0.3, -0.25) is 9.59 Å². The van der Waals surface area contributed by atoms with Crippen molar-refractivity contribution in [1.82, 2.24) is 9.78 Å². The van der Waals surface area contributed by atoms with Gasteiger partial charge in [0.25, 0.3) is 11.6 Å². The summed E-state index contributed by atoms with van der Waals surface area (Å²) >= 11 is 6.04. The highest BCUT2D eigenvalue weighted by Gasteiger charge is 2.47. The van der Waals surface area contributed by atoms with E-state index in [4.69, 9.17) is 16.3 Å². The van der Waals surface area contributed by atoms with Crippen LogP contribution < -0.4 is 19.3 Å². The Morgan fingerprint density at radius 1 is 0.974 bits per heavy atom. The van der Waals surface area contributed by atoms with E-state index in [1.54, 1.807) is 71.6 Å². The standard InChI is InChI=1S/C29H25ClN4O4/c1-17(2)25-23(28(36)34(31-25)21-9-7-19(30)8-10-21)24-26(32-15-5-6-18(3)16-32)29(37)33(27(24)35)20-11-13-22(38-4)14-12-20/h5-17H,1-4H3.